The fourth-order valence-corrected chi connectivity index (χ4v) is 2.19. The van der Waals surface area contributed by atoms with Crippen molar-refractivity contribution in [1.82, 2.24) is 0 Å². The molecular weight excluding hydrogens is 327 g/mol. The van der Waals surface area contributed by atoms with E-state index >= 15 is 0 Å². The molecule has 0 saturated carbocycles. The van der Waals surface area contributed by atoms with Crippen molar-refractivity contribution >= 4 is 28.9 Å². The fraction of sp³-hybridized carbons (Fsp3) is 0.133. The van der Waals surface area contributed by atoms with Crippen molar-refractivity contribution < 1.29 is 18.8 Å². The number of methoxy groups -OCH3 is 1. The highest BCUT2D eigenvalue weighted by molar-refractivity contribution is 6.31. The summed E-state index contributed by atoms with van der Waals surface area (Å²) in [6.45, 7) is 0.0875. The first kappa shape index (κ1) is 16.7. The molecule has 0 heterocycles. The Morgan fingerprint density at radius 3 is 2.78 bits per heavy atom. The number of anilines is 1. The highest BCUT2D eigenvalue weighted by Crippen LogP contribution is 2.31. The number of nitro benzene ring substituents is 1. The van der Waals surface area contributed by atoms with E-state index in [0.717, 1.165) is 12.1 Å². The van der Waals surface area contributed by atoms with Crippen molar-refractivity contribution in [3.8, 4) is 0 Å². The van der Waals surface area contributed by atoms with E-state index in [1.807, 2.05) is 0 Å². The zero-order valence-electron chi connectivity index (χ0n) is 12.0. The molecule has 2 aromatic carbocycles. The average molecular weight is 339 g/mol. The molecule has 6 nitrogen and oxygen atoms in total. The summed E-state index contributed by atoms with van der Waals surface area (Å²) in [5.74, 6) is -1.33. The van der Waals surface area contributed by atoms with Crippen molar-refractivity contribution in [3.63, 3.8) is 0 Å². The highest BCUT2D eigenvalue weighted by atomic mass is 35.5. The monoisotopic (exact) mass is 338 g/mol. The molecule has 120 valence electrons. The first-order chi connectivity index (χ1) is 10.9. The van der Waals surface area contributed by atoms with Gasteiger partial charge in [0.05, 0.1) is 22.6 Å². The lowest BCUT2D eigenvalue weighted by Crippen LogP contribution is -2.07. The summed E-state index contributed by atoms with van der Waals surface area (Å²) in [6, 6.07) is 8.51. The Kier molecular flexibility index (Phi) is 5.13. The molecule has 0 unspecified atom stereocenters. The molecule has 8 heteroatoms. The molecule has 0 atom stereocenters. The maximum absolute atomic E-state index is 13.9. The number of benzene rings is 2. The number of carbonyl (C=O) groups excluding carboxylic acids is 1. The highest BCUT2D eigenvalue weighted by Gasteiger charge is 2.19. The van der Waals surface area contributed by atoms with Crippen LogP contribution in [0.2, 0.25) is 5.02 Å². The molecule has 0 aliphatic heterocycles. The molecule has 0 spiro atoms. The SMILES string of the molecule is COC(=O)c1cccc(CNc2c(F)cc(Cl)cc2[N+](=O)[O-])c1. The Labute approximate surface area is 136 Å². The largest absolute Gasteiger partial charge is 0.465 e. The second-order valence-corrected chi connectivity index (χ2v) is 5.02. The van der Waals surface area contributed by atoms with Gasteiger partial charge in [0.1, 0.15) is 5.69 Å². The molecule has 1 N–H and O–H groups in total. The second-order valence-electron chi connectivity index (χ2n) is 4.58. The van der Waals surface area contributed by atoms with Crippen LogP contribution in [-0.2, 0) is 11.3 Å². The number of ether oxygens (including phenoxy) is 1. The van der Waals surface area contributed by atoms with Gasteiger partial charge in [-0.1, -0.05) is 23.7 Å². The van der Waals surface area contributed by atoms with Crippen molar-refractivity contribution in [3.05, 3.63) is 68.5 Å². The third-order valence-electron chi connectivity index (χ3n) is 3.05. The van der Waals surface area contributed by atoms with E-state index in [9.17, 15) is 19.3 Å². The molecule has 0 radical (unpaired) electrons. The van der Waals surface area contributed by atoms with Crippen molar-refractivity contribution in [2.45, 2.75) is 6.54 Å². The predicted molar refractivity (Wildman–Crippen MR) is 83.2 cm³/mol. The maximum atomic E-state index is 13.9. The van der Waals surface area contributed by atoms with Gasteiger partial charge in [0.25, 0.3) is 5.69 Å². The molecule has 0 saturated heterocycles. The quantitative estimate of drug-likeness (QED) is 0.509. The van der Waals surface area contributed by atoms with Crippen LogP contribution in [0.3, 0.4) is 0 Å². The van der Waals surface area contributed by atoms with Gasteiger partial charge in [-0.15, -0.1) is 0 Å². The lowest BCUT2D eigenvalue weighted by Gasteiger charge is -2.09. The van der Waals surface area contributed by atoms with Gasteiger partial charge >= 0.3 is 5.97 Å². The summed E-state index contributed by atoms with van der Waals surface area (Å²) in [5, 5.41) is 13.6. The van der Waals surface area contributed by atoms with Gasteiger partial charge in [-0.05, 0) is 23.8 Å². The molecule has 0 aliphatic rings. The van der Waals surface area contributed by atoms with Crippen LogP contribution < -0.4 is 5.32 Å². The van der Waals surface area contributed by atoms with Crippen LogP contribution >= 0.6 is 11.6 Å². The molecular formula is C15H12ClFN2O4. The predicted octanol–water partition coefficient (Wildman–Crippen LogP) is 3.79. The first-order valence-corrected chi connectivity index (χ1v) is 6.84. The fourth-order valence-electron chi connectivity index (χ4n) is 2.00. The molecule has 0 fully saturated rings. The van der Waals surface area contributed by atoms with E-state index in [1.165, 1.54) is 7.11 Å². The van der Waals surface area contributed by atoms with Gasteiger partial charge in [0.15, 0.2) is 5.82 Å². The van der Waals surface area contributed by atoms with E-state index in [4.69, 9.17) is 11.6 Å². The van der Waals surface area contributed by atoms with Gasteiger partial charge in [-0.3, -0.25) is 10.1 Å². The van der Waals surface area contributed by atoms with Crippen LogP contribution in [0.25, 0.3) is 0 Å². The number of hydrogen-bond acceptors (Lipinski definition) is 5. The second kappa shape index (κ2) is 7.06. The number of carbonyl (C=O) groups is 1. The van der Waals surface area contributed by atoms with Crippen LogP contribution in [0.4, 0.5) is 15.8 Å². The number of nitro groups is 1. The third kappa shape index (κ3) is 3.95. The topological polar surface area (TPSA) is 81.5 Å². The number of rotatable bonds is 5. The minimum atomic E-state index is -0.826. The van der Waals surface area contributed by atoms with E-state index in [2.05, 4.69) is 10.1 Å². The molecule has 0 amide bonds. The Morgan fingerprint density at radius 2 is 2.13 bits per heavy atom. The average Bonchev–Trinajstić information content (AvgIpc) is 2.52. The van der Waals surface area contributed by atoms with E-state index < -0.39 is 22.4 Å². The van der Waals surface area contributed by atoms with Crippen LogP contribution in [0.5, 0.6) is 0 Å². The van der Waals surface area contributed by atoms with Gasteiger partial charge < -0.3 is 10.1 Å². The Hall–Kier alpha value is -2.67. The zero-order valence-corrected chi connectivity index (χ0v) is 12.8. The molecule has 2 rings (SSSR count). The molecule has 0 aromatic heterocycles. The zero-order chi connectivity index (χ0) is 17.0. The van der Waals surface area contributed by atoms with Crippen LogP contribution in [0.1, 0.15) is 15.9 Å². The number of halogens is 2. The normalized spacial score (nSPS) is 10.2. The molecule has 0 bridgehead atoms. The lowest BCUT2D eigenvalue weighted by molar-refractivity contribution is -0.384. The summed E-state index contributed by atoms with van der Waals surface area (Å²) >= 11 is 5.63. The summed E-state index contributed by atoms with van der Waals surface area (Å²) in [4.78, 5) is 21.7. The molecule has 0 aliphatic carbocycles. The number of nitrogens with one attached hydrogen (secondary N) is 1. The summed E-state index contributed by atoms with van der Waals surface area (Å²) < 4.78 is 18.5. The van der Waals surface area contributed by atoms with Gasteiger partial charge in [-0.25, -0.2) is 9.18 Å². The third-order valence-corrected chi connectivity index (χ3v) is 3.27. The smallest absolute Gasteiger partial charge is 0.337 e. The maximum Gasteiger partial charge on any atom is 0.337 e. The van der Waals surface area contributed by atoms with Crippen molar-refractivity contribution in [1.29, 1.82) is 0 Å². The summed E-state index contributed by atoms with van der Waals surface area (Å²) in [6.07, 6.45) is 0. The van der Waals surface area contributed by atoms with Crippen LogP contribution in [0, 0.1) is 15.9 Å². The van der Waals surface area contributed by atoms with Crippen molar-refractivity contribution in [2.24, 2.45) is 0 Å². The van der Waals surface area contributed by atoms with Crippen LogP contribution in [0.15, 0.2) is 36.4 Å². The summed E-state index contributed by atoms with van der Waals surface area (Å²) in [5.41, 5.74) is 0.247. The minimum absolute atomic E-state index is 0.0626. The Balaban J connectivity index is 2.25. The Morgan fingerprint density at radius 1 is 1.39 bits per heavy atom. The number of hydrogen-bond donors (Lipinski definition) is 1. The number of nitrogens with zero attached hydrogens (tertiary/aromatic N) is 1. The minimum Gasteiger partial charge on any atom is -0.465 e. The van der Waals surface area contributed by atoms with Crippen LogP contribution in [-0.4, -0.2) is 18.0 Å². The standard InChI is InChI=1S/C15H12ClFN2O4/c1-23-15(20)10-4-2-3-9(5-10)8-18-14-12(17)6-11(16)7-13(14)19(21)22/h2-7,18H,8H2,1H3. The Bertz CT molecular complexity index is 767. The van der Waals surface area contributed by atoms with Crippen molar-refractivity contribution in [2.75, 3.05) is 12.4 Å². The van der Waals surface area contributed by atoms with Gasteiger partial charge in [0, 0.05) is 12.6 Å². The lowest BCUT2D eigenvalue weighted by atomic mass is 10.1. The van der Waals surface area contributed by atoms with E-state index in [0.29, 0.717) is 11.1 Å². The summed E-state index contributed by atoms with van der Waals surface area (Å²) in [7, 11) is 1.26. The van der Waals surface area contributed by atoms with Gasteiger partial charge in [0.2, 0.25) is 0 Å². The first-order valence-electron chi connectivity index (χ1n) is 6.47. The van der Waals surface area contributed by atoms with E-state index in [1.54, 1.807) is 24.3 Å². The van der Waals surface area contributed by atoms with Gasteiger partial charge in [-0.2, -0.15) is 0 Å². The number of esters is 1. The van der Waals surface area contributed by atoms with E-state index in [-0.39, 0.29) is 17.3 Å². The molecule has 23 heavy (non-hydrogen) atoms. The molecule has 2 aromatic rings.